The fourth-order valence-electron chi connectivity index (χ4n) is 0.945. The standard InChI is InChI=1S/C10H12BrNO2/c1-7(2)6-9(13)14-8-4-3-5-12-10(8)11/h3-5,7H,6H2,1-2H3. The lowest BCUT2D eigenvalue weighted by Gasteiger charge is -2.06. The molecule has 1 rings (SSSR count). The van der Waals surface area contributed by atoms with Crippen molar-refractivity contribution in [3.05, 3.63) is 22.9 Å². The smallest absolute Gasteiger partial charge is 0.311 e. The molecule has 0 aromatic carbocycles. The Bertz CT molecular complexity index is 326. The molecule has 0 fully saturated rings. The van der Waals surface area contributed by atoms with E-state index < -0.39 is 0 Å². The van der Waals surface area contributed by atoms with Crippen molar-refractivity contribution in [3.63, 3.8) is 0 Å². The van der Waals surface area contributed by atoms with Gasteiger partial charge in [-0.1, -0.05) is 13.8 Å². The van der Waals surface area contributed by atoms with Crippen molar-refractivity contribution < 1.29 is 9.53 Å². The number of pyridine rings is 1. The van der Waals surface area contributed by atoms with Gasteiger partial charge >= 0.3 is 5.97 Å². The lowest BCUT2D eigenvalue weighted by atomic mass is 10.1. The number of nitrogens with zero attached hydrogens (tertiary/aromatic N) is 1. The summed E-state index contributed by atoms with van der Waals surface area (Å²) >= 11 is 3.20. The number of halogens is 1. The fraction of sp³-hybridized carbons (Fsp3) is 0.400. The van der Waals surface area contributed by atoms with Crippen LogP contribution in [0.4, 0.5) is 0 Å². The van der Waals surface area contributed by atoms with Gasteiger partial charge < -0.3 is 4.74 Å². The normalized spacial score (nSPS) is 10.3. The number of esters is 1. The van der Waals surface area contributed by atoms with Crippen LogP contribution in [0.5, 0.6) is 5.75 Å². The van der Waals surface area contributed by atoms with Crippen molar-refractivity contribution in [2.45, 2.75) is 20.3 Å². The minimum atomic E-state index is -0.228. The van der Waals surface area contributed by atoms with Crippen LogP contribution < -0.4 is 4.74 Å². The summed E-state index contributed by atoms with van der Waals surface area (Å²) in [7, 11) is 0. The molecule has 0 aliphatic rings. The molecule has 0 aliphatic carbocycles. The highest BCUT2D eigenvalue weighted by atomic mass is 79.9. The molecule has 1 aromatic heterocycles. The van der Waals surface area contributed by atoms with Crippen LogP contribution >= 0.6 is 15.9 Å². The zero-order valence-electron chi connectivity index (χ0n) is 8.16. The third kappa shape index (κ3) is 3.46. The van der Waals surface area contributed by atoms with E-state index in [0.29, 0.717) is 22.7 Å². The van der Waals surface area contributed by atoms with Crippen LogP contribution in [-0.2, 0) is 4.79 Å². The quantitative estimate of drug-likeness (QED) is 0.618. The molecule has 0 atom stereocenters. The molecule has 0 N–H and O–H groups in total. The highest BCUT2D eigenvalue weighted by Gasteiger charge is 2.09. The number of carbonyl (C=O) groups is 1. The maximum absolute atomic E-state index is 11.3. The maximum Gasteiger partial charge on any atom is 0.311 e. The first-order valence-corrected chi connectivity index (χ1v) is 5.20. The summed E-state index contributed by atoms with van der Waals surface area (Å²) in [5, 5.41) is 0. The minimum Gasteiger partial charge on any atom is -0.424 e. The van der Waals surface area contributed by atoms with Crippen molar-refractivity contribution >= 4 is 21.9 Å². The number of hydrogen-bond donors (Lipinski definition) is 0. The predicted octanol–water partition coefficient (Wildman–Crippen LogP) is 2.80. The maximum atomic E-state index is 11.3. The Morgan fingerprint density at radius 3 is 2.93 bits per heavy atom. The second-order valence-corrected chi connectivity index (χ2v) is 4.12. The summed E-state index contributed by atoms with van der Waals surface area (Å²) in [5.74, 6) is 0.546. The summed E-state index contributed by atoms with van der Waals surface area (Å²) in [4.78, 5) is 15.3. The van der Waals surface area contributed by atoms with E-state index in [-0.39, 0.29) is 5.97 Å². The average molecular weight is 258 g/mol. The summed E-state index contributed by atoms with van der Waals surface area (Å²) in [5.41, 5.74) is 0. The van der Waals surface area contributed by atoms with Crippen molar-refractivity contribution in [1.82, 2.24) is 4.98 Å². The molecule has 0 unspecified atom stereocenters. The van der Waals surface area contributed by atoms with Crippen molar-refractivity contribution in [2.75, 3.05) is 0 Å². The zero-order chi connectivity index (χ0) is 10.6. The van der Waals surface area contributed by atoms with Crippen molar-refractivity contribution in [2.24, 2.45) is 5.92 Å². The average Bonchev–Trinajstić information content (AvgIpc) is 2.07. The van der Waals surface area contributed by atoms with E-state index in [9.17, 15) is 4.79 Å². The van der Waals surface area contributed by atoms with Crippen LogP contribution in [0.1, 0.15) is 20.3 Å². The minimum absolute atomic E-state index is 0.228. The van der Waals surface area contributed by atoms with Gasteiger partial charge in [0.2, 0.25) is 0 Å². The molecular weight excluding hydrogens is 246 g/mol. The van der Waals surface area contributed by atoms with Gasteiger partial charge in [-0.25, -0.2) is 4.98 Å². The van der Waals surface area contributed by atoms with Gasteiger partial charge in [-0.2, -0.15) is 0 Å². The van der Waals surface area contributed by atoms with Crippen molar-refractivity contribution in [3.8, 4) is 5.75 Å². The van der Waals surface area contributed by atoms with E-state index in [0.717, 1.165) is 0 Å². The molecule has 4 heteroatoms. The highest BCUT2D eigenvalue weighted by molar-refractivity contribution is 9.10. The third-order valence-electron chi connectivity index (χ3n) is 1.52. The molecule has 0 saturated heterocycles. The number of rotatable bonds is 3. The van der Waals surface area contributed by atoms with Gasteiger partial charge in [-0.3, -0.25) is 4.79 Å². The fourth-order valence-corrected chi connectivity index (χ4v) is 1.28. The second kappa shape index (κ2) is 5.10. The molecular formula is C10H12BrNO2. The van der Waals surface area contributed by atoms with E-state index >= 15 is 0 Å². The molecule has 1 aromatic rings. The van der Waals surface area contributed by atoms with Crippen LogP contribution in [0.15, 0.2) is 22.9 Å². The Morgan fingerprint density at radius 1 is 1.64 bits per heavy atom. The van der Waals surface area contributed by atoms with Gasteiger partial charge in [-0.05, 0) is 34.0 Å². The van der Waals surface area contributed by atoms with E-state index in [4.69, 9.17) is 4.74 Å². The highest BCUT2D eigenvalue weighted by Crippen LogP contribution is 2.21. The Kier molecular flexibility index (Phi) is 4.07. The first-order valence-electron chi connectivity index (χ1n) is 4.41. The molecule has 0 aliphatic heterocycles. The van der Waals surface area contributed by atoms with Crippen molar-refractivity contribution in [1.29, 1.82) is 0 Å². The van der Waals surface area contributed by atoms with E-state index in [1.54, 1.807) is 18.3 Å². The van der Waals surface area contributed by atoms with E-state index in [2.05, 4.69) is 20.9 Å². The molecule has 0 bridgehead atoms. The van der Waals surface area contributed by atoms with Crippen LogP contribution in [0.25, 0.3) is 0 Å². The first kappa shape index (κ1) is 11.2. The summed E-state index contributed by atoms with van der Waals surface area (Å²) < 4.78 is 5.66. The van der Waals surface area contributed by atoms with E-state index in [1.165, 1.54) is 0 Å². The molecule has 0 spiro atoms. The van der Waals surface area contributed by atoms with Gasteiger partial charge in [0.25, 0.3) is 0 Å². The summed E-state index contributed by atoms with van der Waals surface area (Å²) in [6.07, 6.45) is 2.05. The third-order valence-corrected chi connectivity index (χ3v) is 2.12. The Balaban J connectivity index is 2.61. The van der Waals surface area contributed by atoms with Gasteiger partial charge in [0, 0.05) is 12.6 Å². The number of hydrogen-bond acceptors (Lipinski definition) is 3. The Labute approximate surface area is 91.6 Å². The SMILES string of the molecule is CC(C)CC(=O)Oc1cccnc1Br. The summed E-state index contributed by atoms with van der Waals surface area (Å²) in [6, 6.07) is 3.43. The number of aromatic nitrogens is 1. The number of carbonyl (C=O) groups excluding carboxylic acids is 1. The molecule has 1 heterocycles. The molecule has 3 nitrogen and oxygen atoms in total. The van der Waals surface area contributed by atoms with Crippen LogP contribution in [0, 0.1) is 5.92 Å². The zero-order valence-corrected chi connectivity index (χ0v) is 9.74. The van der Waals surface area contributed by atoms with Gasteiger partial charge in [0.1, 0.15) is 4.60 Å². The monoisotopic (exact) mass is 257 g/mol. The molecule has 0 amide bonds. The van der Waals surface area contributed by atoms with Gasteiger partial charge in [0.15, 0.2) is 5.75 Å². The van der Waals surface area contributed by atoms with Gasteiger partial charge in [-0.15, -0.1) is 0 Å². The second-order valence-electron chi connectivity index (χ2n) is 3.36. The lowest BCUT2D eigenvalue weighted by Crippen LogP contribution is -2.11. The number of ether oxygens (including phenoxy) is 1. The topological polar surface area (TPSA) is 39.2 Å². The Morgan fingerprint density at radius 2 is 2.36 bits per heavy atom. The predicted molar refractivity (Wildman–Crippen MR) is 57.0 cm³/mol. The molecule has 76 valence electrons. The van der Waals surface area contributed by atoms with Gasteiger partial charge in [0.05, 0.1) is 0 Å². The molecule has 0 saturated carbocycles. The lowest BCUT2D eigenvalue weighted by molar-refractivity contribution is -0.135. The van der Waals surface area contributed by atoms with Crippen LogP contribution in [0.2, 0.25) is 0 Å². The van der Waals surface area contributed by atoms with E-state index in [1.807, 2.05) is 13.8 Å². The largest absolute Gasteiger partial charge is 0.424 e. The molecule has 0 radical (unpaired) electrons. The van der Waals surface area contributed by atoms with Crippen LogP contribution in [-0.4, -0.2) is 11.0 Å². The Hall–Kier alpha value is -0.900. The molecule has 14 heavy (non-hydrogen) atoms. The van der Waals surface area contributed by atoms with Crippen LogP contribution in [0.3, 0.4) is 0 Å². The first-order chi connectivity index (χ1) is 6.59. The summed E-state index contributed by atoms with van der Waals surface area (Å²) in [6.45, 7) is 3.94.